The van der Waals surface area contributed by atoms with Crippen LogP contribution < -0.4 is 10.5 Å². The average molecular weight is 297 g/mol. The first-order chi connectivity index (χ1) is 9.52. The number of halogens is 1. The van der Waals surface area contributed by atoms with Crippen LogP contribution >= 0.6 is 11.6 Å². The number of hydrogen-bond donors (Lipinski definition) is 1. The monoisotopic (exact) mass is 296 g/mol. The molecule has 0 atom stereocenters. The highest BCUT2D eigenvalue weighted by atomic mass is 35.5. The Hall–Kier alpha value is -2.21. The second-order valence-corrected chi connectivity index (χ2v) is 4.44. The molecule has 0 aliphatic carbocycles. The van der Waals surface area contributed by atoms with Crippen LogP contribution in [0.3, 0.4) is 0 Å². The molecule has 1 aromatic heterocycles. The molecule has 20 heavy (non-hydrogen) atoms. The van der Waals surface area contributed by atoms with E-state index in [1.807, 2.05) is 0 Å². The zero-order chi connectivity index (χ0) is 14.7. The highest BCUT2D eigenvalue weighted by Gasteiger charge is 2.21. The van der Waals surface area contributed by atoms with Crippen molar-refractivity contribution in [1.82, 2.24) is 5.16 Å². The Bertz CT molecular complexity index is 639. The number of benzene rings is 1. The number of ether oxygens (including phenoxy) is 2. The van der Waals surface area contributed by atoms with E-state index in [0.717, 1.165) is 0 Å². The molecule has 0 bridgehead atoms. The van der Waals surface area contributed by atoms with E-state index in [9.17, 15) is 4.79 Å². The number of carbonyl (C=O) groups is 1. The van der Waals surface area contributed by atoms with Gasteiger partial charge in [0.05, 0.1) is 17.7 Å². The number of aryl methyl sites for hydroxylation is 1. The zero-order valence-corrected chi connectivity index (χ0v) is 11.7. The largest absolute Gasteiger partial charge is 0.487 e. The van der Waals surface area contributed by atoms with Crippen LogP contribution in [-0.4, -0.2) is 18.2 Å². The standard InChI is InChI=1S/C13H13ClN2O4/c1-7-9(12(16-20-7)13(17)18-2)6-19-11-4-3-8(15)5-10(11)14/h3-5H,6,15H2,1-2H3. The quantitative estimate of drug-likeness (QED) is 0.689. The van der Waals surface area contributed by atoms with Gasteiger partial charge < -0.3 is 19.7 Å². The van der Waals surface area contributed by atoms with E-state index in [4.69, 9.17) is 26.6 Å². The van der Waals surface area contributed by atoms with Crippen molar-refractivity contribution in [3.8, 4) is 5.75 Å². The van der Waals surface area contributed by atoms with Gasteiger partial charge in [-0.25, -0.2) is 4.79 Å². The fraction of sp³-hybridized carbons (Fsp3) is 0.231. The van der Waals surface area contributed by atoms with Gasteiger partial charge >= 0.3 is 5.97 Å². The molecule has 2 aromatic rings. The van der Waals surface area contributed by atoms with Crippen molar-refractivity contribution in [3.05, 3.63) is 40.2 Å². The maximum Gasteiger partial charge on any atom is 0.360 e. The molecule has 0 saturated carbocycles. The lowest BCUT2D eigenvalue weighted by Crippen LogP contribution is -2.08. The van der Waals surface area contributed by atoms with Crippen LogP contribution in [0.25, 0.3) is 0 Å². The fourth-order valence-electron chi connectivity index (χ4n) is 1.60. The number of anilines is 1. The number of nitrogens with zero attached hydrogens (tertiary/aromatic N) is 1. The highest BCUT2D eigenvalue weighted by Crippen LogP contribution is 2.28. The van der Waals surface area contributed by atoms with Crippen LogP contribution in [0, 0.1) is 6.92 Å². The second-order valence-electron chi connectivity index (χ2n) is 4.04. The Kier molecular flexibility index (Phi) is 4.14. The van der Waals surface area contributed by atoms with E-state index < -0.39 is 5.97 Å². The summed E-state index contributed by atoms with van der Waals surface area (Å²) in [6.45, 7) is 1.77. The van der Waals surface area contributed by atoms with Crippen LogP contribution in [0.15, 0.2) is 22.7 Å². The zero-order valence-electron chi connectivity index (χ0n) is 11.0. The van der Waals surface area contributed by atoms with Gasteiger partial charge in [0.1, 0.15) is 18.1 Å². The predicted octanol–water partition coefficient (Wildman–Crippen LogP) is 2.58. The third kappa shape index (κ3) is 2.85. The highest BCUT2D eigenvalue weighted by molar-refractivity contribution is 6.32. The summed E-state index contributed by atoms with van der Waals surface area (Å²) in [5.41, 5.74) is 6.75. The molecule has 0 spiro atoms. The number of aromatic nitrogens is 1. The van der Waals surface area contributed by atoms with E-state index in [1.165, 1.54) is 7.11 Å². The minimum Gasteiger partial charge on any atom is -0.487 e. The minimum absolute atomic E-state index is 0.0867. The maximum absolute atomic E-state index is 11.5. The van der Waals surface area contributed by atoms with Gasteiger partial charge in [0.2, 0.25) is 0 Å². The van der Waals surface area contributed by atoms with Crippen molar-refractivity contribution >= 4 is 23.3 Å². The lowest BCUT2D eigenvalue weighted by Gasteiger charge is -2.08. The lowest BCUT2D eigenvalue weighted by atomic mass is 10.2. The van der Waals surface area contributed by atoms with Crippen LogP contribution in [0.1, 0.15) is 21.8 Å². The summed E-state index contributed by atoms with van der Waals surface area (Å²) in [7, 11) is 1.27. The van der Waals surface area contributed by atoms with E-state index in [2.05, 4.69) is 9.89 Å². The molecule has 0 saturated heterocycles. The Balaban J connectivity index is 2.18. The summed E-state index contributed by atoms with van der Waals surface area (Å²) in [5.74, 6) is 0.359. The normalized spacial score (nSPS) is 10.3. The van der Waals surface area contributed by atoms with Gasteiger partial charge in [-0.05, 0) is 25.1 Å². The molecule has 1 heterocycles. The first-order valence-electron chi connectivity index (χ1n) is 5.74. The van der Waals surface area contributed by atoms with Crippen molar-refractivity contribution in [1.29, 1.82) is 0 Å². The van der Waals surface area contributed by atoms with E-state index in [-0.39, 0.29) is 12.3 Å². The van der Waals surface area contributed by atoms with Crippen molar-refractivity contribution in [2.24, 2.45) is 0 Å². The molecule has 0 unspecified atom stereocenters. The second kappa shape index (κ2) is 5.83. The van der Waals surface area contributed by atoms with Crippen LogP contribution in [0.2, 0.25) is 5.02 Å². The molecular weight excluding hydrogens is 284 g/mol. The maximum atomic E-state index is 11.5. The van der Waals surface area contributed by atoms with E-state index in [0.29, 0.717) is 27.8 Å². The Morgan fingerprint density at radius 3 is 2.90 bits per heavy atom. The van der Waals surface area contributed by atoms with Crippen LogP contribution in [0.4, 0.5) is 5.69 Å². The molecule has 1 aromatic carbocycles. The number of carbonyl (C=O) groups excluding carboxylic acids is 1. The summed E-state index contributed by atoms with van der Waals surface area (Å²) in [5, 5.41) is 4.04. The summed E-state index contributed by atoms with van der Waals surface area (Å²) >= 11 is 6.00. The molecule has 0 aliphatic heterocycles. The van der Waals surface area contributed by atoms with Crippen molar-refractivity contribution in [2.45, 2.75) is 13.5 Å². The molecule has 106 valence electrons. The lowest BCUT2D eigenvalue weighted by molar-refractivity contribution is 0.0586. The number of nitrogen functional groups attached to an aromatic ring is 1. The van der Waals surface area contributed by atoms with Crippen molar-refractivity contribution in [3.63, 3.8) is 0 Å². The smallest absolute Gasteiger partial charge is 0.360 e. The van der Waals surface area contributed by atoms with Gasteiger partial charge in [-0.15, -0.1) is 0 Å². The first-order valence-corrected chi connectivity index (χ1v) is 6.12. The average Bonchev–Trinajstić information content (AvgIpc) is 2.78. The van der Waals surface area contributed by atoms with E-state index in [1.54, 1.807) is 25.1 Å². The molecule has 2 N–H and O–H groups in total. The molecule has 0 radical (unpaired) electrons. The van der Waals surface area contributed by atoms with Crippen LogP contribution in [-0.2, 0) is 11.3 Å². The van der Waals surface area contributed by atoms with Gasteiger partial charge in [-0.3, -0.25) is 0 Å². The molecule has 0 aliphatic rings. The minimum atomic E-state index is -0.580. The number of rotatable bonds is 4. The first kappa shape index (κ1) is 14.2. The molecule has 0 fully saturated rings. The van der Waals surface area contributed by atoms with Crippen molar-refractivity contribution in [2.75, 3.05) is 12.8 Å². The van der Waals surface area contributed by atoms with Gasteiger partial charge in [0.15, 0.2) is 5.69 Å². The molecule has 2 rings (SSSR count). The summed E-state index contributed by atoms with van der Waals surface area (Å²) in [6.07, 6.45) is 0. The topological polar surface area (TPSA) is 87.6 Å². The van der Waals surface area contributed by atoms with Gasteiger partial charge in [0, 0.05) is 5.69 Å². The Labute approximate surface area is 120 Å². The van der Waals surface area contributed by atoms with Crippen LogP contribution in [0.5, 0.6) is 5.75 Å². The molecule has 7 heteroatoms. The molecular formula is C13H13ClN2O4. The number of esters is 1. The third-order valence-corrected chi connectivity index (χ3v) is 2.99. The van der Waals surface area contributed by atoms with Gasteiger partial charge in [-0.2, -0.15) is 0 Å². The summed E-state index contributed by atoms with van der Waals surface area (Å²) < 4.78 is 15.2. The fourth-order valence-corrected chi connectivity index (χ4v) is 1.85. The molecule has 6 nitrogen and oxygen atoms in total. The van der Waals surface area contributed by atoms with Gasteiger partial charge in [0.25, 0.3) is 0 Å². The van der Waals surface area contributed by atoms with E-state index >= 15 is 0 Å². The predicted molar refractivity (Wildman–Crippen MR) is 72.8 cm³/mol. The summed E-state index contributed by atoms with van der Waals surface area (Å²) in [4.78, 5) is 11.5. The Morgan fingerprint density at radius 1 is 1.50 bits per heavy atom. The number of hydrogen-bond acceptors (Lipinski definition) is 6. The summed E-state index contributed by atoms with van der Waals surface area (Å²) in [6, 6.07) is 4.90. The number of methoxy groups -OCH3 is 1. The number of nitrogens with two attached hydrogens (primary N) is 1. The van der Waals surface area contributed by atoms with Gasteiger partial charge in [-0.1, -0.05) is 16.8 Å². The SMILES string of the molecule is COC(=O)c1noc(C)c1COc1ccc(N)cc1Cl. The molecule has 0 amide bonds. The van der Waals surface area contributed by atoms with Crippen molar-refractivity contribution < 1.29 is 18.8 Å². The third-order valence-electron chi connectivity index (χ3n) is 2.69. The Morgan fingerprint density at radius 2 is 2.25 bits per heavy atom.